The SMILES string of the molecule is COc1cc([C@H]2Nc3ccc(C#N)cc3[C@H]3c4ccccc4C[C@H]32)c(Br)cc1OC(C)=O. The van der Waals surface area contributed by atoms with Gasteiger partial charge in [-0.2, -0.15) is 5.26 Å². The van der Waals surface area contributed by atoms with Crippen molar-refractivity contribution in [2.75, 3.05) is 12.4 Å². The summed E-state index contributed by atoms with van der Waals surface area (Å²) in [4.78, 5) is 11.5. The van der Waals surface area contributed by atoms with E-state index < -0.39 is 5.97 Å². The maximum atomic E-state index is 11.5. The molecule has 6 heteroatoms. The van der Waals surface area contributed by atoms with E-state index in [0.29, 0.717) is 17.1 Å². The van der Waals surface area contributed by atoms with E-state index in [-0.39, 0.29) is 17.9 Å². The summed E-state index contributed by atoms with van der Waals surface area (Å²) in [5.41, 5.74) is 6.55. The third-order valence-corrected chi connectivity index (χ3v) is 7.09. The largest absolute Gasteiger partial charge is 0.493 e. The van der Waals surface area contributed by atoms with Gasteiger partial charge in [0, 0.05) is 23.0 Å². The molecule has 0 bridgehead atoms. The molecule has 0 spiro atoms. The van der Waals surface area contributed by atoms with Crippen molar-refractivity contribution < 1.29 is 14.3 Å². The Labute approximate surface area is 195 Å². The van der Waals surface area contributed by atoms with E-state index >= 15 is 0 Å². The van der Waals surface area contributed by atoms with Gasteiger partial charge in [-0.15, -0.1) is 0 Å². The van der Waals surface area contributed by atoms with E-state index in [1.54, 1.807) is 13.2 Å². The number of methoxy groups -OCH3 is 1. The molecule has 0 saturated heterocycles. The smallest absolute Gasteiger partial charge is 0.308 e. The minimum atomic E-state index is -0.396. The van der Waals surface area contributed by atoms with Crippen molar-refractivity contribution >= 4 is 27.6 Å². The molecule has 0 radical (unpaired) electrons. The van der Waals surface area contributed by atoms with Gasteiger partial charge < -0.3 is 14.8 Å². The zero-order valence-corrected chi connectivity index (χ0v) is 19.3. The number of nitrogens with one attached hydrogen (secondary N) is 1. The second-order valence-electron chi connectivity index (χ2n) is 8.20. The molecule has 3 atom stereocenters. The number of nitriles is 1. The summed E-state index contributed by atoms with van der Waals surface area (Å²) < 4.78 is 11.7. The lowest BCUT2D eigenvalue weighted by Crippen LogP contribution is -2.30. The summed E-state index contributed by atoms with van der Waals surface area (Å²) >= 11 is 3.70. The van der Waals surface area contributed by atoms with Gasteiger partial charge in [0.25, 0.3) is 0 Å². The van der Waals surface area contributed by atoms with Gasteiger partial charge in [-0.05, 0) is 64.9 Å². The first kappa shape index (κ1) is 20.6. The molecule has 3 aromatic rings. The minimum absolute atomic E-state index is 0.00230. The number of benzene rings is 3. The fraction of sp³-hybridized carbons (Fsp3) is 0.231. The lowest BCUT2D eigenvalue weighted by molar-refractivity contribution is -0.132. The van der Waals surface area contributed by atoms with Crippen molar-refractivity contribution in [3.8, 4) is 17.6 Å². The number of carbonyl (C=O) groups is 1. The van der Waals surface area contributed by atoms with Crippen LogP contribution in [0.1, 0.15) is 46.7 Å². The van der Waals surface area contributed by atoms with Crippen LogP contribution in [0.4, 0.5) is 5.69 Å². The van der Waals surface area contributed by atoms with Gasteiger partial charge >= 0.3 is 5.97 Å². The van der Waals surface area contributed by atoms with E-state index in [4.69, 9.17) is 9.47 Å². The predicted molar refractivity (Wildman–Crippen MR) is 125 cm³/mol. The van der Waals surface area contributed by atoms with Crippen LogP contribution in [-0.4, -0.2) is 13.1 Å². The number of ether oxygens (including phenoxy) is 2. The Bertz CT molecular complexity index is 1280. The molecule has 160 valence electrons. The fourth-order valence-corrected chi connectivity index (χ4v) is 5.69. The van der Waals surface area contributed by atoms with E-state index in [0.717, 1.165) is 27.7 Å². The van der Waals surface area contributed by atoms with Crippen molar-refractivity contribution in [3.63, 3.8) is 0 Å². The van der Waals surface area contributed by atoms with Crippen molar-refractivity contribution in [1.82, 2.24) is 0 Å². The van der Waals surface area contributed by atoms with Crippen molar-refractivity contribution in [3.05, 3.63) is 86.9 Å². The Morgan fingerprint density at radius 3 is 2.66 bits per heavy atom. The number of carbonyl (C=O) groups excluding carboxylic acids is 1. The first-order valence-corrected chi connectivity index (χ1v) is 11.2. The van der Waals surface area contributed by atoms with Crippen molar-refractivity contribution in [2.45, 2.75) is 25.3 Å². The van der Waals surface area contributed by atoms with E-state index in [9.17, 15) is 10.1 Å². The van der Waals surface area contributed by atoms with Gasteiger partial charge in [-0.1, -0.05) is 40.2 Å². The summed E-state index contributed by atoms with van der Waals surface area (Å²) in [6, 6.07) is 20.4. The third-order valence-electron chi connectivity index (χ3n) is 6.40. The maximum Gasteiger partial charge on any atom is 0.308 e. The molecule has 32 heavy (non-hydrogen) atoms. The number of halogens is 1. The second kappa shape index (κ2) is 7.99. The highest BCUT2D eigenvalue weighted by Crippen LogP contribution is 2.55. The number of esters is 1. The summed E-state index contributed by atoms with van der Waals surface area (Å²) in [6.07, 6.45) is 0.926. The standard InChI is InChI=1S/C26H21BrN2O3/c1-14(30)32-24-12-21(27)18(11-23(24)31-2)26-20-10-16-5-3-4-6-17(16)25(20)19-9-15(13-28)7-8-22(19)29-26/h3-9,11-12,20,25-26,29H,10H2,1-2H3/t20-,25-,26-/m1/s1. The molecule has 0 fully saturated rings. The summed E-state index contributed by atoms with van der Waals surface area (Å²) in [5.74, 6) is 0.947. The first-order valence-electron chi connectivity index (χ1n) is 10.4. The molecular weight excluding hydrogens is 468 g/mol. The van der Waals surface area contributed by atoms with Crippen LogP contribution in [0.2, 0.25) is 0 Å². The van der Waals surface area contributed by atoms with Gasteiger partial charge in [0.15, 0.2) is 11.5 Å². The summed E-state index contributed by atoms with van der Waals surface area (Å²) in [7, 11) is 1.57. The van der Waals surface area contributed by atoms with E-state index in [1.807, 2.05) is 24.3 Å². The number of anilines is 1. The highest BCUT2D eigenvalue weighted by molar-refractivity contribution is 9.10. The average Bonchev–Trinajstić information content (AvgIpc) is 3.18. The number of rotatable bonds is 3. The topological polar surface area (TPSA) is 71.3 Å². The molecule has 3 aromatic carbocycles. The predicted octanol–water partition coefficient (Wildman–Crippen LogP) is 5.73. The lowest BCUT2D eigenvalue weighted by atomic mass is 9.75. The molecule has 0 amide bonds. The average molecular weight is 489 g/mol. The summed E-state index contributed by atoms with van der Waals surface area (Å²) in [5, 5.41) is 13.2. The van der Waals surface area contributed by atoms with Crippen LogP contribution in [0, 0.1) is 17.2 Å². The van der Waals surface area contributed by atoms with Gasteiger partial charge in [-0.25, -0.2) is 0 Å². The van der Waals surface area contributed by atoms with Crippen LogP contribution in [0.25, 0.3) is 0 Å². The molecule has 0 saturated carbocycles. The van der Waals surface area contributed by atoms with E-state index in [1.165, 1.54) is 18.1 Å². The molecule has 1 aliphatic carbocycles. The Kier molecular flexibility index (Phi) is 5.15. The molecule has 1 N–H and O–H groups in total. The highest BCUT2D eigenvalue weighted by atomic mass is 79.9. The fourth-order valence-electron chi connectivity index (χ4n) is 5.12. The van der Waals surface area contributed by atoms with Gasteiger partial charge in [0.1, 0.15) is 0 Å². The third kappa shape index (κ3) is 3.34. The molecule has 5 rings (SSSR count). The van der Waals surface area contributed by atoms with Gasteiger partial charge in [0.2, 0.25) is 0 Å². The normalized spacial score (nSPS) is 20.2. The molecule has 2 aliphatic rings. The molecular formula is C26H21BrN2O3. The van der Waals surface area contributed by atoms with E-state index in [2.05, 4.69) is 51.6 Å². The highest BCUT2D eigenvalue weighted by Gasteiger charge is 2.44. The Morgan fingerprint density at radius 2 is 1.91 bits per heavy atom. The van der Waals surface area contributed by atoms with Crippen LogP contribution in [0.5, 0.6) is 11.5 Å². The second-order valence-corrected chi connectivity index (χ2v) is 9.05. The van der Waals surface area contributed by atoms with Crippen molar-refractivity contribution in [1.29, 1.82) is 5.26 Å². The van der Waals surface area contributed by atoms with Crippen LogP contribution in [0.3, 0.4) is 0 Å². The summed E-state index contributed by atoms with van der Waals surface area (Å²) in [6.45, 7) is 1.37. The molecule has 0 aromatic heterocycles. The quantitative estimate of drug-likeness (QED) is 0.376. The van der Waals surface area contributed by atoms with Crippen LogP contribution >= 0.6 is 15.9 Å². The molecule has 1 aliphatic heterocycles. The van der Waals surface area contributed by atoms with Gasteiger partial charge in [-0.3, -0.25) is 4.79 Å². The Hall–Kier alpha value is -3.30. The zero-order valence-electron chi connectivity index (χ0n) is 17.7. The van der Waals surface area contributed by atoms with Crippen molar-refractivity contribution in [2.24, 2.45) is 5.92 Å². The van der Waals surface area contributed by atoms with Crippen LogP contribution in [0.15, 0.2) is 59.1 Å². The number of hydrogen-bond donors (Lipinski definition) is 1. The zero-order chi connectivity index (χ0) is 22.4. The Morgan fingerprint density at radius 1 is 1.09 bits per heavy atom. The number of nitrogens with zero attached hydrogens (tertiary/aromatic N) is 1. The van der Waals surface area contributed by atoms with Crippen LogP contribution < -0.4 is 14.8 Å². The van der Waals surface area contributed by atoms with Gasteiger partial charge in [0.05, 0.1) is 24.8 Å². The Balaban J connectivity index is 1.65. The molecule has 0 unspecified atom stereocenters. The monoisotopic (exact) mass is 488 g/mol. The molecule has 1 heterocycles. The number of fused-ring (bicyclic) bond motifs is 5. The van der Waals surface area contributed by atoms with Crippen LogP contribution in [-0.2, 0) is 11.2 Å². The molecule has 5 nitrogen and oxygen atoms in total. The first-order chi connectivity index (χ1) is 15.5. The maximum absolute atomic E-state index is 11.5. The number of hydrogen-bond acceptors (Lipinski definition) is 5. The lowest BCUT2D eigenvalue weighted by Gasteiger charge is -2.38. The minimum Gasteiger partial charge on any atom is -0.493 e.